The first-order valence-electron chi connectivity index (χ1n) is 7.37. The second kappa shape index (κ2) is 8.52. The third-order valence-electron chi connectivity index (χ3n) is 3.81. The molecule has 1 amide bonds. The van der Waals surface area contributed by atoms with Gasteiger partial charge in [-0.1, -0.05) is 13.8 Å². The Labute approximate surface area is 126 Å². The highest BCUT2D eigenvalue weighted by molar-refractivity contribution is 5.77. The highest BCUT2D eigenvalue weighted by Crippen LogP contribution is 2.17. The summed E-state index contributed by atoms with van der Waals surface area (Å²) in [7, 11) is 1.62. The predicted molar refractivity (Wildman–Crippen MR) is 83.6 cm³/mol. The number of nitrogens with two attached hydrogens (primary N) is 1. The van der Waals surface area contributed by atoms with Crippen LogP contribution in [-0.2, 0) is 4.79 Å². The zero-order chi connectivity index (χ0) is 15.7. The van der Waals surface area contributed by atoms with Gasteiger partial charge in [-0.3, -0.25) is 4.79 Å². The van der Waals surface area contributed by atoms with Gasteiger partial charge in [0.1, 0.15) is 11.5 Å². The van der Waals surface area contributed by atoms with Gasteiger partial charge in [0.15, 0.2) is 0 Å². The van der Waals surface area contributed by atoms with Crippen molar-refractivity contribution in [2.24, 2.45) is 5.73 Å². The fourth-order valence-electron chi connectivity index (χ4n) is 2.06. The van der Waals surface area contributed by atoms with Crippen molar-refractivity contribution >= 4 is 5.91 Å². The number of ether oxygens (including phenoxy) is 2. The molecule has 0 aliphatic rings. The number of carbonyl (C=O) groups is 1. The first-order chi connectivity index (χ1) is 10.1. The molecular formula is C16H26N2O3. The van der Waals surface area contributed by atoms with Crippen LogP contribution in [0.25, 0.3) is 0 Å². The van der Waals surface area contributed by atoms with Crippen LogP contribution in [0.1, 0.15) is 33.1 Å². The van der Waals surface area contributed by atoms with Crippen molar-refractivity contribution in [1.82, 2.24) is 5.32 Å². The largest absolute Gasteiger partial charge is 0.497 e. The van der Waals surface area contributed by atoms with Gasteiger partial charge in [-0.15, -0.1) is 0 Å². The van der Waals surface area contributed by atoms with Gasteiger partial charge in [-0.05, 0) is 37.1 Å². The van der Waals surface area contributed by atoms with Crippen molar-refractivity contribution in [1.29, 1.82) is 0 Å². The Balaban J connectivity index is 2.39. The Kier molecular flexibility index (Phi) is 7.02. The zero-order valence-corrected chi connectivity index (χ0v) is 13.1. The number of carbonyl (C=O) groups excluding carboxylic acids is 1. The number of hydrogen-bond donors (Lipinski definition) is 2. The summed E-state index contributed by atoms with van der Waals surface area (Å²) >= 11 is 0. The smallest absolute Gasteiger partial charge is 0.223 e. The number of benzene rings is 1. The second-order valence-electron chi connectivity index (χ2n) is 5.01. The highest BCUT2D eigenvalue weighted by atomic mass is 16.5. The lowest BCUT2D eigenvalue weighted by Gasteiger charge is -2.31. The van der Waals surface area contributed by atoms with Crippen LogP contribution in [0.5, 0.6) is 11.5 Å². The van der Waals surface area contributed by atoms with Crippen molar-refractivity contribution in [2.75, 3.05) is 20.3 Å². The third-order valence-corrected chi connectivity index (χ3v) is 3.81. The molecule has 5 nitrogen and oxygen atoms in total. The lowest BCUT2D eigenvalue weighted by molar-refractivity contribution is -0.123. The fourth-order valence-corrected chi connectivity index (χ4v) is 2.06. The molecular weight excluding hydrogens is 268 g/mol. The molecule has 0 bridgehead atoms. The molecule has 0 spiro atoms. The van der Waals surface area contributed by atoms with E-state index < -0.39 is 0 Å². The fraction of sp³-hybridized carbons (Fsp3) is 0.562. The minimum atomic E-state index is -0.294. The van der Waals surface area contributed by atoms with Gasteiger partial charge >= 0.3 is 0 Å². The van der Waals surface area contributed by atoms with Crippen LogP contribution in [0.15, 0.2) is 24.3 Å². The normalized spacial score (nSPS) is 11.0. The average molecular weight is 294 g/mol. The quantitative estimate of drug-likeness (QED) is 0.731. The number of methoxy groups -OCH3 is 1. The minimum absolute atomic E-state index is 0.0299. The van der Waals surface area contributed by atoms with Crippen LogP contribution in [0.4, 0.5) is 0 Å². The van der Waals surface area contributed by atoms with Crippen molar-refractivity contribution in [3.05, 3.63) is 24.3 Å². The van der Waals surface area contributed by atoms with E-state index in [-0.39, 0.29) is 11.4 Å². The van der Waals surface area contributed by atoms with Gasteiger partial charge in [0.05, 0.1) is 25.7 Å². The number of hydrogen-bond acceptors (Lipinski definition) is 4. The van der Waals surface area contributed by atoms with E-state index in [1.807, 2.05) is 38.1 Å². The monoisotopic (exact) mass is 294 g/mol. The van der Waals surface area contributed by atoms with E-state index in [1.54, 1.807) is 7.11 Å². The van der Waals surface area contributed by atoms with E-state index in [0.29, 0.717) is 19.6 Å². The molecule has 1 aromatic carbocycles. The molecule has 0 aromatic heterocycles. The predicted octanol–water partition coefficient (Wildman–Crippen LogP) is 2.10. The standard InChI is InChI=1S/C16H26N2O3/c1-4-16(5-2,12-17)18-15(19)10-11-21-14-8-6-13(20-3)7-9-14/h6-9H,4-5,10-12,17H2,1-3H3,(H,18,19). The summed E-state index contributed by atoms with van der Waals surface area (Å²) in [4.78, 5) is 12.0. The Morgan fingerprint density at radius 2 is 1.76 bits per heavy atom. The molecule has 0 atom stereocenters. The molecule has 1 aromatic rings. The van der Waals surface area contributed by atoms with E-state index in [0.717, 1.165) is 24.3 Å². The molecule has 1 rings (SSSR count). The SMILES string of the molecule is CCC(CC)(CN)NC(=O)CCOc1ccc(OC)cc1. The Morgan fingerprint density at radius 3 is 2.24 bits per heavy atom. The van der Waals surface area contributed by atoms with Crippen LogP contribution in [-0.4, -0.2) is 31.7 Å². The average Bonchev–Trinajstić information content (AvgIpc) is 2.53. The molecule has 3 N–H and O–H groups in total. The molecule has 0 radical (unpaired) electrons. The first-order valence-corrected chi connectivity index (χ1v) is 7.37. The van der Waals surface area contributed by atoms with Crippen molar-refractivity contribution < 1.29 is 14.3 Å². The Hall–Kier alpha value is -1.75. The molecule has 21 heavy (non-hydrogen) atoms. The molecule has 0 unspecified atom stereocenters. The third kappa shape index (κ3) is 5.27. The first kappa shape index (κ1) is 17.3. The lowest BCUT2D eigenvalue weighted by atomic mass is 9.93. The molecule has 0 fully saturated rings. The minimum Gasteiger partial charge on any atom is -0.497 e. The van der Waals surface area contributed by atoms with Crippen LogP contribution < -0.4 is 20.5 Å². The number of amides is 1. The van der Waals surface area contributed by atoms with Gasteiger partial charge < -0.3 is 20.5 Å². The maximum absolute atomic E-state index is 12.0. The van der Waals surface area contributed by atoms with Crippen LogP contribution >= 0.6 is 0 Å². The molecule has 0 aliphatic heterocycles. The zero-order valence-electron chi connectivity index (χ0n) is 13.1. The maximum atomic E-state index is 12.0. The van der Waals surface area contributed by atoms with Gasteiger partial charge in [0.25, 0.3) is 0 Å². The summed E-state index contributed by atoms with van der Waals surface area (Å²) in [5.74, 6) is 1.47. The lowest BCUT2D eigenvalue weighted by Crippen LogP contribution is -2.53. The summed E-state index contributed by atoms with van der Waals surface area (Å²) in [6.45, 7) is 4.85. The number of nitrogens with one attached hydrogen (secondary N) is 1. The van der Waals surface area contributed by atoms with Crippen LogP contribution in [0.2, 0.25) is 0 Å². The molecule has 5 heteroatoms. The van der Waals surface area contributed by atoms with E-state index in [1.165, 1.54) is 0 Å². The molecule has 0 saturated heterocycles. The van der Waals surface area contributed by atoms with E-state index in [2.05, 4.69) is 5.32 Å². The summed E-state index contributed by atoms with van der Waals surface area (Å²) < 4.78 is 10.6. The molecule has 0 heterocycles. The van der Waals surface area contributed by atoms with E-state index in [9.17, 15) is 4.79 Å². The maximum Gasteiger partial charge on any atom is 0.223 e. The Bertz CT molecular complexity index is 419. The topological polar surface area (TPSA) is 73.6 Å². The molecule has 0 aliphatic carbocycles. The number of rotatable bonds is 9. The van der Waals surface area contributed by atoms with Crippen molar-refractivity contribution in [3.8, 4) is 11.5 Å². The van der Waals surface area contributed by atoms with Gasteiger partial charge in [-0.2, -0.15) is 0 Å². The summed E-state index contributed by atoms with van der Waals surface area (Å²) in [6, 6.07) is 7.28. The van der Waals surface area contributed by atoms with Crippen LogP contribution in [0.3, 0.4) is 0 Å². The van der Waals surface area contributed by atoms with Gasteiger partial charge in [0, 0.05) is 6.54 Å². The van der Waals surface area contributed by atoms with E-state index >= 15 is 0 Å². The van der Waals surface area contributed by atoms with Gasteiger partial charge in [-0.25, -0.2) is 0 Å². The van der Waals surface area contributed by atoms with E-state index in [4.69, 9.17) is 15.2 Å². The molecule has 0 saturated carbocycles. The van der Waals surface area contributed by atoms with Crippen molar-refractivity contribution in [2.45, 2.75) is 38.6 Å². The molecule has 118 valence electrons. The Morgan fingerprint density at radius 1 is 1.19 bits per heavy atom. The highest BCUT2D eigenvalue weighted by Gasteiger charge is 2.25. The second-order valence-corrected chi connectivity index (χ2v) is 5.01. The van der Waals surface area contributed by atoms with Crippen LogP contribution in [0, 0.1) is 0 Å². The van der Waals surface area contributed by atoms with Crippen molar-refractivity contribution in [3.63, 3.8) is 0 Å². The summed E-state index contributed by atoms with van der Waals surface area (Å²) in [5, 5.41) is 3.02. The van der Waals surface area contributed by atoms with Gasteiger partial charge in [0.2, 0.25) is 5.91 Å². The summed E-state index contributed by atoms with van der Waals surface area (Å²) in [6.07, 6.45) is 1.96. The summed E-state index contributed by atoms with van der Waals surface area (Å²) in [5.41, 5.74) is 5.47.